The third kappa shape index (κ3) is 0.640. The third-order valence-electron chi connectivity index (χ3n) is 1.11. The molecule has 1 radical (unpaired) electrons. The van der Waals surface area contributed by atoms with E-state index in [0.29, 0.717) is 5.52 Å². The van der Waals surface area contributed by atoms with Gasteiger partial charge >= 0.3 is 0 Å². The lowest BCUT2D eigenvalue weighted by molar-refractivity contribution is 1.01. The van der Waals surface area contributed by atoms with Crippen molar-refractivity contribution in [2.45, 2.75) is 0 Å². The molecule has 2 aromatic rings. The van der Waals surface area contributed by atoms with Gasteiger partial charge in [0.2, 0.25) is 0 Å². The Bertz CT molecular complexity index is 404. The lowest BCUT2D eigenvalue weighted by atomic mass is 10.5. The summed E-state index contributed by atoms with van der Waals surface area (Å²) in [7, 11) is 0. The van der Waals surface area contributed by atoms with Crippen LogP contribution in [0.4, 0.5) is 0 Å². The van der Waals surface area contributed by atoms with Gasteiger partial charge in [-0.05, 0) is 0 Å². The van der Waals surface area contributed by atoms with Crippen LogP contribution < -0.4 is 5.56 Å². The largest absolute Gasteiger partial charge is 0.291 e. The SMILES string of the molecule is O=c1[nH]ncc2s[c]nc12. The molecule has 2 aromatic heterocycles. The average Bonchev–Trinajstić information content (AvgIpc) is 2.36. The van der Waals surface area contributed by atoms with Crippen LogP contribution in [0.5, 0.6) is 0 Å². The summed E-state index contributed by atoms with van der Waals surface area (Å²) >= 11 is 1.28. The van der Waals surface area contributed by atoms with Crippen LogP contribution in [0.25, 0.3) is 10.2 Å². The fraction of sp³-hybridized carbons (Fsp3) is 0. The maximum absolute atomic E-state index is 10.8. The molecule has 0 aromatic carbocycles. The zero-order chi connectivity index (χ0) is 6.97. The van der Waals surface area contributed by atoms with Gasteiger partial charge < -0.3 is 0 Å². The number of nitrogens with zero attached hydrogens (tertiary/aromatic N) is 2. The number of nitrogens with one attached hydrogen (secondary N) is 1. The van der Waals surface area contributed by atoms with Crippen molar-refractivity contribution in [1.29, 1.82) is 0 Å². The van der Waals surface area contributed by atoms with Gasteiger partial charge in [-0.2, -0.15) is 5.10 Å². The second-order valence-electron chi connectivity index (χ2n) is 1.72. The highest BCUT2D eigenvalue weighted by molar-refractivity contribution is 7.16. The van der Waals surface area contributed by atoms with Crippen molar-refractivity contribution in [2.75, 3.05) is 0 Å². The van der Waals surface area contributed by atoms with E-state index in [-0.39, 0.29) is 5.56 Å². The van der Waals surface area contributed by atoms with Crippen molar-refractivity contribution in [1.82, 2.24) is 15.2 Å². The molecule has 0 saturated heterocycles. The van der Waals surface area contributed by atoms with Gasteiger partial charge in [-0.25, -0.2) is 10.1 Å². The van der Waals surface area contributed by atoms with E-state index in [1.807, 2.05) is 0 Å². The Morgan fingerprint density at radius 1 is 1.70 bits per heavy atom. The first kappa shape index (κ1) is 5.55. The smallest absolute Gasteiger partial charge is 0.265 e. The van der Waals surface area contributed by atoms with Crippen LogP contribution in [-0.4, -0.2) is 15.2 Å². The Morgan fingerprint density at radius 2 is 2.60 bits per heavy atom. The lowest BCUT2D eigenvalue weighted by Crippen LogP contribution is -2.06. The lowest BCUT2D eigenvalue weighted by Gasteiger charge is -1.80. The minimum Gasteiger partial charge on any atom is -0.265 e. The minimum atomic E-state index is -0.255. The van der Waals surface area contributed by atoms with Crippen LogP contribution in [0.3, 0.4) is 0 Å². The molecular weight excluding hydrogens is 150 g/mol. The number of hydrogen-bond donors (Lipinski definition) is 1. The monoisotopic (exact) mass is 152 g/mol. The Balaban J connectivity index is 3.09. The summed E-state index contributed by atoms with van der Waals surface area (Å²) in [5, 5.41) is 5.88. The van der Waals surface area contributed by atoms with E-state index in [9.17, 15) is 4.79 Å². The summed E-state index contributed by atoms with van der Waals surface area (Å²) in [6.07, 6.45) is 1.56. The average molecular weight is 152 g/mol. The maximum atomic E-state index is 10.8. The molecule has 2 heterocycles. The Kier molecular flexibility index (Phi) is 1.04. The molecule has 0 amide bonds. The van der Waals surface area contributed by atoms with Gasteiger partial charge in [0.15, 0.2) is 11.0 Å². The third-order valence-corrected chi connectivity index (χ3v) is 1.81. The molecule has 0 aliphatic carbocycles. The topological polar surface area (TPSA) is 58.6 Å². The zero-order valence-corrected chi connectivity index (χ0v) is 5.60. The van der Waals surface area contributed by atoms with E-state index in [1.54, 1.807) is 6.20 Å². The van der Waals surface area contributed by atoms with Crippen LogP contribution in [0.15, 0.2) is 11.0 Å². The first-order valence-electron chi connectivity index (χ1n) is 2.58. The molecule has 49 valence electrons. The van der Waals surface area contributed by atoms with Gasteiger partial charge in [-0.15, -0.1) is 11.3 Å². The molecule has 0 bridgehead atoms. The number of aromatic amines is 1. The predicted octanol–water partition coefficient (Wildman–Crippen LogP) is 0.180. The number of aromatic nitrogens is 3. The quantitative estimate of drug-likeness (QED) is 0.585. The van der Waals surface area contributed by atoms with Gasteiger partial charge in [0, 0.05) is 0 Å². The summed E-state index contributed by atoms with van der Waals surface area (Å²) < 4.78 is 0.767. The number of thiazole rings is 1. The van der Waals surface area contributed by atoms with Gasteiger partial charge in [-0.3, -0.25) is 4.79 Å². The van der Waals surface area contributed by atoms with Crippen molar-refractivity contribution < 1.29 is 0 Å². The number of rotatable bonds is 0. The van der Waals surface area contributed by atoms with Crippen LogP contribution in [0.2, 0.25) is 0 Å². The van der Waals surface area contributed by atoms with E-state index in [4.69, 9.17) is 0 Å². The molecular formula is C5H2N3OS. The predicted molar refractivity (Wildman–Crippen MR) is 36.9 cm³/mol. The molecule has 1 N–H and O–H groups in total. The molecule has 0 spiro atoms. The minimum absolute atomic E-state index is 0.255. The van der Waals surface area contributed by atoms with Crippen LogP contribution >= 0.6 is 11.3 Å². The van der Waals surface area contributed by atoms with Crippen LogP contribution in [-0.2, 0) is 0 Å². The number of hydrogen-bond acceptors (Lipinski definition) is 4. The molecule has 0 aliphatic rings. The molecule has 0 aliphatic heterocycles. The van der Waals surface area contributed by atoms with Crippen LogP contribution in [0, 0.1) is 5.51 Å². The van der Waals surface area contributed by atoms with E-state index < -0.39 is 0 Å². The van der Waals surface area contributed by atoms with E-state index in [1.165, 1.54) is 11.3 Å². The first-order chi connectivity index (χ1) is 4.88. The highest BCUT2D eigenvalue weighted by atomic mass is 32.1. The van der Waals surface area contributed by atoms with Gasteiger partial charge in [0.05, 0.1) is 10.9 Å². The normalized spacial score (nSPS) is 10.4. The van der Waals surface area contributed by atoms with Gasteiger partial charge in [-0.1, -0.05) is 0 Å². The second kappa shape index (κ2) is 1.88. The highest BCUT2D eigenvalue weighted by Crippen LogP contribution is 2.09. The fourth-order valence-corrected chi connectivity index (χ4v) is 1.25. The number of fused-ring (bicyclic) bond motifs is 1. The van der Waals surface area contributed by atoms with Crippen molar-refractivity contribution in [3.63, 3.8) is 0 Å². The second-order valence-corrected chi connectivity index (χ2v) is 2.54. The Labute approximate surface area is 59.5 Å². The Hall–Kier alpha value is -1.23. The fourth-order valence-electron chi connectivity index (χ4n) is 0.674. The zero-order valence-electron chi connectivity index (χ0n) is 4.79. The first-order valence-corrected chi connectivity index (χ1v) is 3.40. The van der Waals surface area contributed by atoms with E-state index >= 15 is 0 Å². The van der Waals surface area contributed by atoms with Crippen LogP contribution in [0.1, 0.15) is 0 Å². The van der Waals surface area contributed by atoms with Crippen molar-refractivity contribution in [3.05, 3.63) is 22.1 Å². The van der Waals surface area contributed by atoms with E-state index in [0.717, 1.165) is 4.70 Å². The molecule has 0 saturated carbocycles. The number of H-pyrrole nitrogens is 1. The maximum Gasteiger partial charge on any atom is 0.291 e. The van der Waals surface area contributed by atoms with Crippen molar-refractivity contribution >= 4 is 21.6 Å². The standard InChI is InChI=1S/C5H2N3OS/c9-5-4-3(1-7-8-5)10-2-6-4/h1H,(H,8,9). The molecule has 4 nitrogen and oxygen atoms in total. The van der Waals surface area contributed by atoms with Crippen molar-refractivity contribution in [2.24, 2.45) is 0 Å². The van der Waals surface area contributed by atoms with Crippen molar-refractivity contribution in [3.8, 4) is 0 Å². The summed E-state index contributed by atoms with van der Waals surface area (Å²) in [5.74, 6) is 0. The molecule has 0 unspecified atom stereocenters. The highest BCUT2D eigenvalue weighted by Gasteiger charge is 1.98. The molecule has 5 heteroatoms. The molecule has 10 heavy (non-hydrogen) atoms. The van der Waals surface area contributed by atoms with E-state index in [2.05, 4.69) is 20.7 Å². The van der Waals surface area contributed by atoms with Gasteiger partial charge in [0.25, 0.3) is 5.56 Å². The molecule has 0 atom stereocenters. The summed E-state index contributed by atoms with van der Waals surface area (Å²) in [6, 6.07) is 0. The summed E-state index contributed by atoms with van der Waals surface area (Å²) in [6.45, 7) is 0. The molecule has 2 rings (SSSR count). The summed E-state index contributed by atoms with van der Waals surface area (Å²) in [5.41, 5.74) is 2.77. The van der Waals surface area contributed by atoms with Gasteiger partial charge in [0.1, 0.15) is 0 Å². The summed E-state index contributed by atoms with van der Waals surface area (Å²) in [4.78, 5) is 14.6. The molecule has 0 fully saturated rings. The Morgan fingerprint density at radius 3 is 3.40 bits per heavy atom.